The Morgan fingerprint density at radius 2 is 2.10 bits per heavy atom. The number of rotatable bonds is 2. The third kappa shape index (κ3) is 2.15. The minimum Gasteiger partial charge on any atom is -0.465 e. The topological polar surface area (TPSA) is 74.3 Å². The highest BCUT2D eigenvalue weighted by molar-refractivity contribution is 6.33. The first-order valence-corrected chi connectivity index (χ1v) is 6.52. The van der Waals surface area contributed by atoms with Crippen molar-refractivity contribution in [3.05, 3.63) is 34.6 Å². The molecule has 0 saturated carbocycles. The number of nitrogens with zero attached hydrogens (tertiary/aromatic N) is 5. The molecule has 0 bridgehead atoms. The normalized spacial score (nSPS) is 11.0. The highest BCUT2D eigenvalue weighted by Gasteiger charge is 2.17. The lowest BCUT2D eigenvalue weighted by atomic mass is 10.3. The molecule has 21 heavy (non-hydrogen) atoms. The SMILES string of the molecule is COC(=O)c1cc(Cl)c2nnc(-c3cc(C)nn3C)n2c1. The zero-order valence-electron chi connectivity index (χ0n) is 11.7. The largest absolute Gasteiger partial charge is 0.465 e. The number of carbonyl (C=O) groups is 1. The van der Waals surface area contributed by atoms with Gasteiger partial charge < -0.3 is 4.74 Å². The summed E-state index contributed by atoms with van der Waals surface area (Å²) in [4.78, 5) is 11.7. The van der Waals surface area contributed by atoms with Gasteiger partial charge in [0.15, 0.2) is 11.5 Å². The number of carbonyl (C=O) groups excluding carboxylic acids is 1. The molecule has 0 aliphatic heterocycles. The van der Waals surface area contributed by atoms with Crippen LogP contribution in [-0.4, -0.2) is 37.5 Å². The summed E-state index contributed by atoms with van der Waals surface area (Å²) >= 11 is 6.16. The highest BCUT2D eigenvalue weighted by atomic mass is 35.5. The van der Waals surface area contributed by atoms with Gasteiger partial charge in [-0.2, -0.15) is 5.10 Å². The summed E-state index contributed by atoms with van der Waals surface area (Å²) in [6, 6.07) is 3.39. The number of ether oxygens (including phenoxy) is 1. The lowest BCUT2D eigenvalue weighted by Gasteiger charge is -2.04. The summed E-state index contributed by atoms with van der Waals surface area (Å²) in [7, 11) is 3.13. The van der Waals surface area contributed by atoms with Crippen molar-refractivity contribution >= 4 is 23.2 Å². The van der Waals surface area contributed by atoms with Gasteiger partial charge in [0.1, 0.15) is 5.69 Å². The minimum absolute atomic E-state index is 0.329. The highest BCUT2D eigenvalue weighted by Crippen LogP contribution is 2.24. The van der Waals surface area contributed by atoms with Gasteiger partial charge in [0.25, 0.3) is 0 Å². The van der Waals surface area contributed by atoms with E-state index in [-0.39, 0.29) is 0 Å². The van der Waals surface area contributed by atoms with Crippen molar-refractivity contribution in [3.63, 3.8) is 0 Å². The van der Waals surface area contributed by atoms with Gasteiger partial charge >= 0.3 is 5.97 Å². The van der Waals surface area contributed by atoms with Gasteiger partial charge in [-0.3, -0.25) is 9.08 Å². The number of aryl methyl sites for hydroxylation is 2. The molecule has 8 heteroatoms. The van der Waals surface area contributed by atoms with Crippen molar-refractivity contribution in [1.29, 1.82) is 0 Å². The molecule has 0 unspecified atom stereocenters. The van der Waals surface area contributed by atoms with Gasteiger partial charge in [-0.15, -0.1) is 10.2 Å². The molecule has 3 aromatic heterocycles. The van der Waals surface area contributed by atoms with Crippen molar-refractivity contribution in [1.82, 2.24) is 24.4 Å². The van der Waals surface area contributed by atoms with Crippen molar-refractivity contribution in [2.75, 3.05) is 7.11 Å². The maximum atomic E-state index is 11.7. The first-order chi connectivity index (χ1) is 10.0. The minimum atomic E-state index is -0.473. The van der Waals surface area contributed by atoms with Crippen LogP contribution in [0, 0.1) is 6.92 Å². The van der Waals surface area contributed by atoms with Crippen LogP contribution in [0.2, 0.25) is 5.02 Å². The summed E-state index contributed by atoms with van der Waals surface area (Å²) < 4.78 is 8.08. The smallest absolute Gasteiger partial charge is 0.339 e. The van der Waals surface area contributed by atoms with Gasteiger partial charge in [0.05, 0.1) is 23.4 Å². The Morgan fingerprint density at radius 3 is 2.71 bits per heavy atom. The van der Waals surface area contributed by atoms with Gasteiger partial charge in [-0.25, -0.2) is 4.79 Å². The maximum absolute atomic E-state index is 11.7. The maximum Gasteiger partial charge on any atom is 0.339 e. The van der Waals surface area contributed by atoms with Crippen molar-refractivity contribution in [2.24, 2.45) is 7.05 Å². The van der Waals surface area contributed by atoms with E-state index in [1.54, 1.807) is 15.3 Å². The Bertz CT molecular complexity index is 852. The Hall–Kier alpha value is -2.41. The van der Waals surface area contributed by atoms with E-state index < -0.39 is 5.97 Å². The van der Waals surface area contributed by atoms with Crippen LogP contribution in [0.1, 0.15) is 16.1 Å². The monoisotopic (exact) mass is 305 g/mol. The van der Waals surface area contributed by atoms with Gasteiger partial charge in [0.2, 0.25) is 0 Å². The first kappa shape index (κ1) is 13.6. The second kappa shape index (κ2) is 4.85. The number of esters is 1. The van der Waals surface area contributed by atoms with Crippen molar-refractivity contribution in [3.8, 4) is 11.5 Å². The van der Waals surface area contributed by atoms with Crippen LogP contribution < -0.4 is 0 Å². The fourth-order valence-corrected chi connectivity index (χ4v) is 2.42. The Morgan fingerprint density at radius 1 is 1.33 bits per heavy atom. The molecule has 0 atom stereocenters. The molecule has 0 amide bonds. The van der Waals surface area contributed by atoms with Crippen LogP contribution >= 0.6 is 11.6 Å². The van der Waals surface area contributed by atoms with Gasteiger partial charge in [-0.05, 0) is 19.1 Å². The van der Waals surface area contributed by atoms with E-state index in [0.29, 0.717) is 22.1 Å². The Balaban J connectivity index is 2.27. The molecule has 0 saturated heterocycles. The molecule has 0 fully saturated rings. The number of methoxy groups -OCH3 is 1. The first-order valence-electron chi connectivity index (χ1n) is 6.15. The van der Waals surface area contributed by atoms with Crippen LogP contribution in [0.15, 0.2) is 18.3 Å². The molecular weight excluding hydrogens is 294 g/mol. The molecule has 3 rings (SSSR count). The predicted molar refractivity (Wildman–Crippen MR) is 76.3 cm³/mol. The Kier molecular flexibility index (Phi) is 3.13. The molecule has 0 radical (unpaired) electrons. The second-order valence-electron chi connectivity index (χ2n) is 4.58. The lowest BCUT2D eigenvalue weighted by molar-refractivity contribution is 0.0600. The third-order valence-electron chi connectivity index (χ3n) is 3.11. The molecule has 7 nitrogen and oxygen atoms in total. The zero-order valence-corrected chi connectivity index (χ0v) is 12.4. The van der Waals surface area contributed by atoms with Gasteiger partial charge in [0, 0.05) is 13.2 Å². The quantitative estimate of drug-likeness (QED) is 0.676. The van der Waals surface area contributed by atoms with E-state index in [9.17, 15) is 4.79 Å². The average Bonchev–Trinajstić information content (AvgIpc) is 3.01. The molecule has 0 aliphatic carbocycles. The molecule has 3 aromatic rings. The predicted octanol–water partition coefficient (Wildman–Crippen LogP) is 1.88. The van der Waals surface area contributed by atoms with Gasteiger partial charge in [-0.1, -0.05) is 11.6 Å². The van der Waals surface area contributed by atoms with E-state index in [1.807, 2.05) is 20.0 Å². The molecule has 3 heterocycles. The van der Waals surface area contributed by atoms with E-state index in [0.717, 1.165) is 11.4 Å². The van der Waals surface area contributed by atoms with E-state index in [4.69, 9.17) is 16.3 Å². The fraction of sp³-hybridized carbons (Fsp3) is 0.231. The van der Waals surface area contributed by atoms with Crippen molar-refractivity contribution < 1.29 is 9.53 Å². The lowest BCUT2D eigenvalue weighted by Crippen LogP contribution is -2.04. The molecule has 0 N–H and O–H groups in total. The molecule has 0 spiro atoms. The van der Waals surface area contributed by atoms with Crippen LogP contribution in [0.4, 0.5) is 0 Å². The summed E-state index contributed by atoms with van der Waals surface area (Å²) in [5.41, 5.74) is 2.44. The summed E-state index contributed by atoms with van der Waals surface area (Å²) in [5, 5.41) is 12.8. The number of fused-ring (bicyclic) bond motifs is 1. The summed E-state index contributed by atoms with van der Waals surface area (Å²) in [6.07, 6.45) is 1.60. The van der Waals surface area contributed by atoms with E-state index in [2.05, 4.69) is 15.3 Å². The molecular formula is C13H12ClN5O2. The second-order valence-corrected chi connectivity index (χ2v) is 4.99. The number of pyridine rings is 1. The third-order valence-corrected chi connectivity index (χ3v) is 3.39. The number of aromatic nitrogens is 5. The van der Waals surface area contributed by atoms with Crippen LogP contribution in [0.25, 0.3) is 17.2 Å². The Labute approximate surface area is 125 Å². The molecule has 108 valence electrons. The number of halogens is 1. The standard InChI is InChI=1S/C13H12ClN5O2/c1-7-4-10(18(2)17-7)12-16-15-11-9(14)5-8(6-19(11)12)13(20)21-3/h4-6H,1-3H3. The summed E-state index contributed by atoms with van der Waals surface area (Å²) in [5.74, 6) is 0.0837. The van der Waals surface area contributed by atoms with Crippen LogP contribution in [0.3, 0.4) is 0 Å². The zero-order chi connectivity index (χ0) is 15.1. The summed E-state index contributed by atoms with van der Waals surface area (Å²) in [6.45, 7) is 1.89. The molecule has 0 aromatic carbocycles. The van der Waals surface area contributed by atoms with Crippen LogP contribution in [0.5, 0.6) is 0 Å². The van der Waals surface area contributed by atoms with E-state index in [1.165, 1.54) is 13.2 Å². The van der Waals surface area contributed by atoms with E-state index >= 15 is 0 Å². The number of hydrogen-bond donors (Lipinski definition) is 0. The number of hydrogen-bond acceptors (Lipinski definition) is 5. The van der Waals surface area contributed by atoms with Crippen molar-refractivity contribution in [2.45, 2.75) is 6.92 Å². The van der Waals surface area contributed by atoms with Crippen LogP contribution in [-0.2, 0) is 11.8 Å². The molecule has 0 aliphatic rings. The average molecular weight is 306 g/mol. The fourth-order valence-electron chi connectivity index (χ4n) is 2.18.